The summed E-state index contributed by atoms with van der Waals surface area (Å²) in [5, 5.41) is 23.1. The summed E-state index contributed by atoms with van der Waals surface area (Å²) in [5.41, 5.74) is 23.2. The first-order valence-electron chi connectivity index (χ1n) is 12.8. The Hall–Kier alpha value is -5.91. The van der Waals surface area contributed by atoms with Gasteiger partial charge in [-0.3, -0.25) is 0 Å². The van der Waals surface area contributed by atoms with Crippen LogP contribution in [0.3, 0.4) is 0 Å². The fraction of sp³-hybridized carbons (Fsp3) is 0.138. The number of guanidine groups is 2. The standard InChI is InChI=1S/C15H18FN5.C14H11F3N6/c1-11-8-12(4-3-7-19-20-15(17)18)10-21(11)14-6-2-5-13(16)9-14;15-14(16,17)12-5-4-11(8-21-22-13(19)20)23(12)10-3-1-2-9(6-10)7-18/h2,5-10H,3-4H2,1H3,(H4,17,18,20);1-6,8H,(H4,19,20,22). The molecule has 2 aromatic carbocycles. The minimum Gasteiger partial charge on any atom is -0.369 e. The van der Waals surface area contributed by atoms with Crippen molar-refractivity contribution in [1.29, 1.82) is 5.26 Å². The molecule has 11 nitrogen and oxygen atoms in total. The number of rotatable bonds is 8. The van der Waals surface area contributed by atoms with E-state index in [-0.39, 0.29) is 34.7 Å². The number of benzene rings is 2. The van der Waals surface area contributed by atoms with Crippen molar-refractivity contribution < 1.29 is 17.6 Å². The van der Waals surface area contributed by atoms with Gasteiger partial charge in [0.2, 0.25) is 11.9 Å². The largest absolute Gasteiger partial charge is 0.431 e. The second kappa shape index (κ2) is 14.8. The number of nitriles is 1. The van der Waals surface area contributed by atoms with E-state index < -0.39 is 11.9 Å². The van der Waals surface area contributed by atoms with Crippen molar-refractivity contribution in [3.05, 3.63) is 107 Å². The average molecular weight is 608 g/mol. The monoisotopic (exact) mass is 607 g/mol. The maximum absolute atomic E-state index is 13.3. The lowest BCUT2D eigenvalue weighted by atomic mass is 10.2. The predicted molar refractivity (Wildman–Crippen MR) is 162 cm³/mol. The van der Waals surface area contributed by atoms with Crippen LogP contribution in [0.4, 0.5) is 17.6 Å². The van der Waals surface area contributed by atoms with E-state index in [1.807, 2.05) is 29.8 Å². The quantitative estimate of drug-likeness (QED) is 0.101. The van der Waals surface area contributed by atoms with Gasteiger partial charge in [0.15, 0.2) is 0 Å². The number of nitrogens with two attached hydrogens (primary N) is 4. The summed E-state index contributed by atoms with van der Waals surface area (Å²) >= 11 is 0. The molecule has 0 atom stereocenters. The van der Waals surface area contributed by atoms with Crippen LogP contribution in [0.25, 0.3) is 11.4 Å². The summed E-state index contributed by atoms with van der Waals surface area (Å²) in [5.74, 6) is -0.618. The van der Waals surface area contributed by atoms with Gasteiger partial charge in [-0.25, -0.2) is 4.39 Å². The fourth-order valence-electron chi connectivity index (χ4n) is 4.01. The zero-order valence-electron chi connectivity index (χ0n) is 23.4. The van der Waals surface area contributed by atoms with E-state index in [9.17, 15) is 17.6 Å². The third-order valence-corrected chi connectivity index (χ3v) is 5.77. The molecule has 0 aliphatic carbocycles. The van der Waals surface area contributed by atoms with Gasteiger partial charge in [-0.05, 0) is 79.9 Å². The van der Waals surface area contributed by atoms with Gasteiger partial charge in [0.1, 0.15) is 11.5 Å². The molecule has 4 aromatic rings. The second-order valence-corrected chi connectivity index (χ2v) is 9.11. The Kier molecular flexibility index (Phi) is 11.0. The highest BCUT2D eigenvalue weighted by Gasteiger charge is 2.35. The smallest absolute Gasteiger partial charge is 0.369 e. The molecule has 0 aliphatic rings. The summed E-state index contributed by atoms with van der Waals surface area (Å²) in [6.07, 6.45) is 1.71. The normalized spacial score (nSPS) is 11.2. The average Bonchev–Trinajstić information content (AvgIpc) is 3.56. The lowest BCUT2D eigenvalue weighted by Gasteiger charge is -2.14. The SMILES string of the molecule is Cc1cc(CCC=NN=C(N)N)cn1-c1cccc(F)c1.N#Cc1cccc(-n2c(C=NN=C(N)N)ccc2C(F)(F)F)c1. The molecule has 4 rings (SSSR count). The number of nitrogens with zero attached hydrogens (tertiary/aromatic N) is 7. The molecule has 0 saturated heterocycles. The fourth-order valence-corrected chi connectivity index (χ4v) is 4.01. The van der Waals surface area contributed by atoms with E-state index in [0.717, 1.165) is 46.6 Å². The number of alkyl halides is 3. The molecular formula is C29H29F4N11. The van der Waals surface area contributed by atoms with Gasteiger partial charge in [-0.2, -0.15) is 28.6 Å². The maximum atomic E-state index is 13.3. The number of halogens is 4. The highest BCUT2D eigenvalue weighted by Crippen LogP contribution is 2.33. The Balaban J connectivity index is 0.000000241. The van der Waals surface area contributed by atoms with Gasteiger partial charge in [0, 0.05) is 29.5 Å². The van der Waals surface area contributed by atoms with Gasteiger partial charge >= 0.3 is 6.18 Å². The highest BCUT2D eigenvalue weighted by molar-refractivity contribution is 5.81. The predicted octanol–water partition coefficient (Wildman–Crippen LogP) is 4.09. The summed E-state index contributed by atoms with van der Waals surface area (Å²) < 4.78 is 55.7. The summed E-state index contributed by atoms with van der Waals surface area (Å²) in [6.45, 7) is 1.99. The molecule has 0 bridgehead atoms. The van der Waals surface area contributed by atoms with Crippen molar-refractivity contribution >= 4 is 24.3 Å². The van der Waals surface area contributed by atoms with Crippen LogP contribution in [-0.4, -0.2) is 33.5 Å². The molecule has 0 amide bonds. The van der Waals surface area contributed by atoms with Crippen LogP contribution >= 0.6 is 0 Å². The minimum absolute atomic E-state index is 0.0562. The molecule has 0 fully saturated rings. The molecule has 2 aromatic heterocycles. The van der Waals surface area contributed by atoms with Crippen LogP contribution in [0.1, 0.15) is 34.6 Å². The van der Waals surface area contributed by atoms with Gasteiger partial charge < -0.3 is 32.1 Å². The second-order valence-electron chi connectivity index (χ2n) is 9.11. The van der Waals surface area contributed by atoms with E-state index >= 15 is 0 Å². The summed E-state index contributed by atoms with van der Waals surface area (Å²) in [7, 11) is 0. The number of hydrogen-bond acceptors (Lipinski definition) is 5. The Labute approximate surface area is 250 Å². The third-order valence-electron chi connectivity index (χ3n) is 5.77. The van der Waals surface area contributed by atoms with Gasteiger partial charge in [-0.1, -0.05) is 12.1 Å². The van der Waals surface area contributed by atoms with E-state index in [1.165, 1.54) is 42.5 Å². The first-order valence-corrected chi connectivity index (χ1v) is 12.8. The molecule has 0 radical (unpaired) electrons. The van der Waals surface area contributed by atoms with Crippen molar-refractivity contribution in [1.82, 2.24) is 9.13 Å². The summed E-state index contributed by atoms with van der Waals surface area (Å²) in [6, 6.07) is 18.4. The first kappa shape index (κ1) is 32.6. The third kappa shape index (κ3) is 9.31. The van der Waals surface area contributed by atoms with Crippen LogP contribution in [-0.2, 0) is 12.6 Å². The molecule has 44 heavy (non-hydrogen) atoms. The van der Waals surface area contributed by atoms with Crippen molar-refractivity contribution in [3.8, 4) is 17.4 Å². The molecule has 0 spiro atoms. The minimum atomic E-state index is -4.58. The van der Waals surface area contributed by atoms with Crippen LogP contribution in [0.15, 0.2) is 93.3 Å². The number of aromatic nitrogens is 2. The van der Waals surface area contributed by atoms with E-state index in [4.69, 9.17) is 28.2 Å². The molecule has 2 heterocycles. The van der Waals surface area contributed by atoms with Gasteiger partial charge in [-0.15, -0.1) is 10.2 Å². The number of hydrogen-bond donors (Lipinski definition) is 4. The molecule has 0 unspecified atom stereocenters. The Morgan fingerprint density at radius 3 is 2.25 bits per heavy atom. The molecule has 0 saturated carbocycles. The molecule has 0 aliphatic heterocycles. The van der Waals surface area contributed by atoms with Crippen LogP contribution in [0.5, 0.6) is 0 Å². The van der Waals surface area contributed by atoms with Crippen molar-refractivity contribution in [2.45, 2.75) is 25.9 Å². The van der Waals surface area contributed by atoms with Crippen molar-refractivity contribution in [2.75, 3.05) is 0 Å². The zero-order valence-corrected chi connectivity index (χ0v) is 23.4. The number of aryl methyl sites for hydroxylation is 2. The Morgan fingerprint density at radius 1 is 0.909 bits per heavy atom. The summed E-state index contributed by atoms with van der Waals surface area (Å²) in [4.78, 5) is 0. The Bertz CT molecular complexity index is 1730. The maximum Gasteiger partial charge on any atom is 0.431 e. The van der Waals surface area contributed by atoms with Gasteiger partial charge in [0.25, 0.3) is 0 Å². The van der Waals surface area contributed by atoms with Crippen molar-refractivity contribution in [3.63, 3.8) is 0 Å². The van der Waals surface area contributed by atoms with Crippen LogP contribution < -0.4 is 22.9 Å². The lowest BCUT2D eigenvalue weighted by molar-refractivity contribution is -0.142. The Morgan fingerprint density at radius 2 is 1.59 bits per heavy atom. The van der Waals surface area contributed by atoms with Gasteiger partial charge in [0.05, 0.1) is 23.5 Å². The van der Waals surface area contributed by atoms with E-state index in [0.29, 0.717) is 0 Å². The van der Waals surface area contributed by atoms with E-state index in [2.05, 4.69) is 26.5 Å². The van der Waals surface area contributed by atoms with Crippen LogP contribution in [0, 0.1) is 24.1 Å². The lowest BCUT2D eigenvalue weighted by Crippen LogP contribution is -2.21. The first-order chi connectivity index (χ1) is 20.9. The van der Waals surface area contributed by atoms with E-state index in [1.54, 1.807) is 12.3 Å². The molecular weight excluding hydrogens is 578 g/mol. The molecule has 228 valence electrons. The van der Waals surface area contributed by atoms with Crippen LogP contribution in [0.2, 0.25) is 0 Å². The molecule has 8 N–H and O–H groups in total. The topological polar surface area (TPSA) is 187 Å². The zero-order chi connectivity index (χ0) is 32.3. The van der Waals surface area contributed by atoms with Crippen molar-refractivity contribution in [2.24, 2.45) is 43.3 Å². The molecule has 15 heteroatoms. The highest BCUT2D eigenvalue weighted by atomic mass is 19.4.